The molecule has 5 nitrogen and oxygen atoms in total. The SMILES string of the molecule is NC(=O)O.O=C=Nc1ccccc1Cl. The van der Waals surface area contributed by atoms with Crippen LogP contribution in [0.15, 0.2) is 29.3 Å². The fourth-order valence-electron chi connectivity index (χ4n) is 0.592. The first-order chi connectivity index (χ1) is 6.57. The maximum absolute atomic E-state index is 9.78. The Labute approximate surface area is 84.8 Å². The molecule has 0 aliphatic rings. The highest BCUT2D eigenvalue weighted by Crippen LogP contribution is 2.22. The minimum atomic E-state index is -1.33. The lowest BCUT2D eigenvalue weighted by atomic mass is 10.3. The Morgan fingerprint density at radius 1 is 1.50 bits per heavy atom. The molecule has 0 atom stereocenters. The number of hydrogen-bond acceptors (Lipinski definition) is 3. The van der Waals surface area contributed by atoms with E-state index in [-0.39, 0.29) is 0 Å². The first kappa shape index (κ1) is 12.2. The summed E-state index contributed by atoms with van der Waals surface area (Å²) in [5.74, 6) is 0. The molecule has 1 rings (SSSR count). The molecule has 14 heavy (non-hydrogen) atoms. The van der Waals surface area contributed by atoms with Crippen LogP contribution in [0.4, 0.5) is 10.5 Å². The maximum atomic E-state index is 9.78. The number of amides is 1. The van der Waals surface area contributed by atoms with Crippen molar-refractivity contribution in [2.45, 2.75) is 0 Å². The number of primary amides is 1. The molecule has 0 aromatic heterocycles. The van der Waals surface area contributed by atoms with Crippen molar-refractivity contribution in [1.82, 2.24) is 0 Å². The van der Waals surface area contributed by atoms with Gasteiger partial charge < -0.3 is 10.8 Å². The van der Waals surface area contributed by atoms with Crippen LogP contribution in [-0.2, 0) is 4.79 Å². The van der Waals surface area contributed by atoms with Crippen LogP contribution in [0.3, 0.4) is 0 Å². The summed E-state index contributed by atoms with van der Waals surface area (Å²) in [6.07, 6.45) is 0.0820. The van der Waals surface area contributed by atoms with Crippen molar-refractivity contribution in [2.24, 2.45) is 10.7 Å². The van der Waals surface area contributed by atoms with Gasteiger partial charge in [-0.15, -0.1) is 0 Å². The summed E-state index contributed by atoms with van der Waals surface area (Å²) in [5, 5.41) is 7.66. The third-order valence-corrected chi connectivity index (χ3v) is 1.34. The summed E-state index contributed by atoms with van der Waals surface area (Å²) >= 11 is 5.63. The Kier molecular flexibility index (Phi) is 5.78. The minimum Gasteiger partial charge on any atom is -0.465 e. The third-order valence-electron chi connectivity index (χ3n) is 1.02. The molecule has 74 valence electrons. The highest BCUT2D eigenvalue weighted by Gasteiger charge is 1.92. The highest BCUT2D eigenvalue weighted by atomic mass is 35.5. The van der Waals surface area contributed by atoms with Crippen LogP contribution >= 0.6 is 11.6 Å². The second kappa shape index (κ2) is 6.65. The smallest absolute Gasteiger partial charge is 0.402 e. The molecule has 3 N–H and O–H groups in total. The molecule has 0 spiro atoms. The van der Waals surface area contributed by atoms with E-state index in [1.54, 1.807) is 24.3 Å². The Morgan fingerprint density at radius 2 is 2.00 bits per heavy atom. The van der Waals surface area contributed by atoms with Crippen molar-refractivity contribution in [3.05, 3.63) is 29.3 Å². The van der Waals surface area contributed by atoms with Crippen molar-refractivity contribution in [1.29, 1.82) is 0 Å². The second-order valence-corrected chi connectivity index (χ2v) is 2.40. The zero-order valence-corrected chi connectivity index (χ0v) is 7.73. The first-order valence-corrected chi connectivity index (χ1v) is 3.76. The number of hydrogen-bond donors (Lipinski definition) is 2. The van der Waals surface area contributed by atoms with Crippen LogP contribution < -0.4 is 5.73 Å². The van der Waals surface area contributed by atoms with Crippen LogP contribution in [0.5, 0.6) is 0 Å². The minimum absolute atomic E-state index is 0.458. The molecule has 6 heteroatoms. The van der Waals surface area contributed by atoms with Gasteiger partial charge in [-0.25, -0.2) is 9.59 Å². The fourth-order valence-corrected chi connectivity index (χ4v) is 0.770. The molecule has 1 aromatic rings. The number of halogens is 1. The summed E-state index contributed by atoms with van der Waals surface area (Å²) in [7, 11) is 0. The standard InChI is InChI=1S/C7H4ClNO.CH3NO2/c8-6-3-1-2-4-7(6)9-5-10;2-1(3)4/h1-4H;2H2,(H,3,4). The van der Waals surface area contributed by atoms with Gasteiger partial charge in [-0.1, -0.05) is 23.7 Å². The summed E-state index contributed by atoms with van der Waals surface area (Å²) in [6, 6.07) is 6.83. The van der Waals surface area contributed by atoms with Gasteiger partial charge in [0, 0.05) is 0 Å². The van der Waals surface area contributed by atoms with E-state index >= 15 is 0 Å². The van der Waals surface area contributed by atoms with Gasteiger partial charge in [0.05, 0.1) is 10.7 Å². The molecule has 0 aliphatic heterocycles. The molecule has 0 bridgehead atoms. The van der Waals surface area contributed by atoms with Gasteiger partial charge in [-0.3, -0.25) is 0 Å². The molecule has 0 fully saturated rings. The van der Waals surface area contributed by atoms with E-state index in [1.807, 2.05) is 0 Å². The van der Waals surface area contributed by atoms with Crippen molar-refractivity contribution in [2.75, 3.05) is 0 Å². The van der Waals surface area contributed by atoms with Crippen molar-refractivity contribution >= 4 is 29.5 Å². The molecule has 0 unspecified atom stereocenters. The lowest BCUT2D eigenvalue weighted by Crippen LogP contribution is -2.03. The average molecular weight is 215 g/mol. The zero-order chi connectivity index (χ0) is 11.0. The largest absolute Gasteiger partial charge is 0.465 e. The molecular weight excluding hydrogens is 208 g/mol. The molecule has 0 aliphatic carbocycles. The number of isocyanates is 1. The fraction of sp³-hybridized carbons (Fsp3) is 0. The van der Waals surface area contributed by atoms with Crippen LogP contribution in [0, 0.1) is 0 Å². The van der Waals surface area contributed by atoms with Gasteiger partial charge in [0.1, 0.15) is 0 Å². The van der Waals surface area contributed by atoms with Crippen molar-refractivity contribution in [3.8, 4) is 0 Å². The van der Waals surface area contributed by atoms with Gasteiger partial charge in [0.25, 0.3) is 0 Å². The number of carboxylic acid groups (broad SMARTS) is 1. The van der Waals surface area contributed by atoms with Crippen LogP contribution in [0.1, 0.15) is 0 Å². The van der Waals surface area contributed by atoms with E-state index in [0.717, 1.165) is 0 Å². The summed E-state index contributed by atoms with van der Waals surface area (Å²) < 4.78 is 0. The molecule has 0 saturated carbocycles. The van der Waals surface area contributed by atoms with Crippen LogP contribution in [-0.4, -0.2) is 17.3 Å². The van der Waals surface area contributed by atoms with Gasteiger partial charge in [-0.05, 0) is 12.1 Å². The van der Waals surface area contributed by atoms with Crippen molar-refractivity contribution < 1.29 is 14.7 Å². The van der Waals surface area contributed by atoms with E-state index in [1.165, 1.54) is 6.08 Å². The Bertz CT molecular complexity index is 357. The summed E-state index contributed by atoms with van der Waals surface area (Å²) in [4.78, 5) is 21.9. The number of nitrogens with two attached hydrogens (primary N) is 1. The number of aliphatic imine (C=N–C) groups is 1. The van der Waals surface area contributed by atoms with Crippen LogP contribution in [0.2, 0.25) is 5.02 Å². The van der Waals surface area contributed by atoms with E-state index in [0.29, 0.717) is 10.7 Å². The number of para-hydroxylation sites is 1. The number of benzene rings is 1. The van der Waals surface area contributed by atoms with E-state index in [2.05, 4.69) is 10.7 Å². The lowest BCUT2D eigenvalue weighted by Gasteiger charge is -1.90. The Morgan fingerprint density at radius 3 is 2.43 bits per heavy atom. The van der Waals surface area contributed by atoms with Gasteiger partial charge >= 0.3 is 6.09 Å². The molecule has 0 heterocycles. The van der Waals surface area contributed by atoms with Crippen molar-refractivity contribution in [3.63, 3.8) is 0 Å². The quantitative estimate of drug-likeness (QED) is 0.553. The van der Waals surface area contributed by atoms with Gasteiger partial charge in [0.2, 0.25) is 6.08 Å². The first-order valence-electron chi connectivity index (χ1n) is 3.38. The maximum Gasteiger partial charge on any atom is 0.402 e. The van der Waals surface area contributed by atoms with Crippen LogP contribution in [0.25, 0.3) is 0 Å². The van der Waals surface area contributed by atoms with E-state index < -0.39 is 6.09 Å². The molecule has 0 radical (unpaired) electrons. The Balaban J connectivity index is 0.000000364. The zero-order valence-electron chi connectivity index (χ0n) is 6.98. The average Bonchev–Trinajstić information content (AvgIpc) is 2.08. The number of carbonyl (C=O) groups is 1. The molecule has 1 amide bonds. The monoisotopic (exact) mass is 214 g/mol. The number of rotatable bonds is 1. The highest BCUT2D eigenvalue weighted by molar-refractivity contribution is 6.33. The summed E-state index contributed by atoms with van der Waals surface area (Å²) in [6.45, 7) is 0. The number of nitrogens with zero attached hydrogens (tertiary/aromatic N) is 1. The normalized spacial score (nSPS) is 7.79. The van der Waals surface area contributed by atoms with E-state index in [9.17, 15) is 4.79 Å². The number of carbonyl (C=O) groups excluding carboxylic acids is 1. The topological polar surface area (TPSA) is 92.8 Å². The Hall–Kier alpha value is -1.84. The third kappa shape index (κ3) is 5.77. The lowest BCUT2D eigenvalue weighted by molar-refractivity contribution is 0.205. The van der Waals surface area contributed by atoms with E-state index in [4.69, 9.17) is 21.5 Å². The molecule has 1 aromatic carbocycles. The van der Waals surface area contributed by atoms with Gasteiger partial charge in [-0.2, -0.15) is 4.99 Å². The molecule has 0 saturated heterocycles. The summed E-state index contributed by atoms with van der Waals surface area (Å²) in [5.41, 5.74) is 4.49. The van der Waals surface area contributed by atoms with Gasteiger partial charge in [0.15, 0.2) is 0 Å². The second-order valence-electron chi connectivity index (χ2n) is 1.99. The predicted octanol–water partition coefficient (Wildman–Crippen LogP) is 1.93. The predicted molar refractivity (Wildman–Crippen MR) is 51.4 cm³/mol. The molecular formula is C8H7ClN2O3.